The maximum absolute atomic E-state index is 12.1. The molecule has 28 heavy (non-hydrogen) atoms. The molecule has 2 N–H and O–H groups in total. The molecule has 1 aromatic carbocycles. The van der Waals surface area contributed by atoms with Crippen molar-refractivity contribution in [3.8, 4) is 18.1 Å². The highest BCUT2D eigenvalue weighted by atomic mass is 127. The van der Waals surface area contributed by atoms with Crippen LogP contribution in [-0.2, 0) is 17.2 Å². The summed E-state index contributed by atoms with van der Waals surface area (Å²) < 4.78 is 17.5. The lowest BCUT2D eigenvalue weighted by molar-refractivity contribution is 0.370. The molecule has 3 atom stereocenters. The molecule has 2 rings (SSSR count). The molecule has 1 aromatic rings. The van der Waals surface area contributed by atoms with Crippen LogP contribution in [0.15, 0.2) is 29.3 Å². The number of terminal acetylenes is 1. The van der Waals surface area contributed by atoms with E-state index < -0.39 is 10.8 Å². The Bertz CT molecular complexity index is 673. The van der Waals surface area contributed by atoms with Crippen LogP contribution in [0, 0.1) is 12.3 Å². The summed E-state index contributed by atoms with van der Waals surface area (Å²) in [6.45, 7) is 3.08. The van der Waals surface area contributed by atoms with Gasteiger partial charge in [0, 0.05) is 41.4 Å². The number of nitrogens with zero attached hydrogens (tertiary/aromatic N) is 1. The molecule has 1 aliphatic carbocycles. The number of rotatable bonds is 8. The quantitative estimate of drug-likeness (QED) is 0.241. The molecule has 156 valence electrons. The van der Waals surface area contributed by atoms with Gasteiger partial charge < -0.3 is 15.4 Å². The third kappa shape index (κ3) is 8.39. The van der Waals surface area contributed by atoms with Gasteiger partial charge in [0.2, 0.25) is 0 Å². The fraction of sp³-hybridized carbons (Fsp3) is 0.571. The van der Waals surface area contributed by atoms with Gasteiger partial charge in [-0.3, -0.25) is 9.20 Å². The molecule has 0 saturated heterocycles. The summed E-state index contributed by atoms with van der Waals surface area (Å²) in [7, 11) is 1.08. The lowest BCUT2D eigenvalue weighted by atomic mass is 9.95. The molecule has 1 fully saturated rings. The van der Waals surface area contributed by atoms with Crippen LogP contribution in [0.2, 0.25) is 0 Å². The minimum absolute atomic E-state index is 0. The third-order valence-corrected chi connectivity index (χ3v) is 6.54. The standard InChI is InChI=1S/C21H31N3O2S.HI/c1-4-15-26-19-11-9-17(10-12-19)13-14-23-21(22-3)24-18-7-6-8-20(16-18)27(25)5-2;/h1,9-12,18,20H,5-8,13-16H2,2-3H3,(H2,22,23,24);1H. The van der Waals surface area contributed by atoms with Crippen molar-refractivity contribution in [3.05, 3.63) is 29.8 Å². The maximum Gasteiger partial charge on any atom is 0.191 e. The molecule has 1 aliphatic rings. The van der Waals surface area contributed by atoms with E-state index in [1.165, 1.54) is 5.56 Å². The second-order valence-corrected chi connectivity index (χ2v) is 8.69. The number of aliphatic imine (C=N–C) groups is 1. The van der Waals surface area contributed by atoms with Crippen molar-refractivity contribution >= 4 is 40.7 Å². The van der Waals surface area contributed by atoms with Gasteiger partial charge in [0.15, 0.2) is 5.96 Å². The van der Waals surface area contributed by atoms with Gasteiger partial charge in [-0.05, 0) is 43.4 Å². The zero-order valence-corrected chi connectivity index (χ0v) is 19.9. The van der Waals surface area contributed by atoms with Crippen molar-refractivity contribution in [1.82, 2.24) is 10.6 Å². The van der Waals surface area contributed by atoms with E-state index >= 15 is 0 Å². The first-order valence-electron chi connectivity index (χ1n) is 9.65. The predicted octanol–water partition coefficient (Wildman–Crippen LogP) is 3.10. The number of nitrogens with one attached hydrogen (secondary N) is 2. The molecule has 0 heterocycles. The van der Waals surface area contributed by atoms with Crippen LogP contribution in [0.3, 0.4) is 0 Å². The first kappa shape index (κ1) is 24.8. The average Bonchev–Trinajstić information content (AvgIpc) is 2.72. The van der Waals surface area contributed by atoms with Crippen LogP contribution in [0.1, 0.15) is 38.2 Å². The highest BCUT2D eigenvalue weighted by Crippen LogP contribution is 2.23. The van der Waals surface area contributed by atoms with Gasteiger partial charge in [0.05, 0.1) is 0 Å². The Hall–Kier alpha value is -1.27. The normalized spacial score (nSPS) is 20.4. The van der Waals surface area contributed by atoms with Gasteiger partial charge in [0.25, 0.3) is 0 Å². The minimum Gasteiger partial charge on any atom is -0.481 e. The van der Waals surface area contributed by atoms with Gasteiger partial charge in [-0.25, -0.2) is 0 Å². The summed E-state index contributed by atoms with van der Waals surface area (Å²) in [6.07, 6.45) is 10.4. The Kier molecular flexibility index (Phi) is 12.2. The number of ether oxygens (including phenoxy) is 1. The molecule has 3 unspecified atom stereocenters. The van der Waals surface area contributed by atoms with Gasteiger partial charge in [-0.1, -0.05) is 31.4 Å². The Morgan fingerprint density at radius 3 is 2.75 bits per heavy atom. The van der Waals surface area contributed by atoms with E-state index in [0.717, 1.165) is 56.1 Å². The van der Waals surface area contributed by atoms with Crippen LogP contribution in [0.4, 0.5) is 0 Å². The van der Waals surface area contributed by atoms with Crippen LogP contribution in [0.5, 0.6) is 5.75 Å². The van der Waals surface area contributed by atoms with Crippen LogP contribution in [-0.4, -0.2) is 47.4 Å². The molecule has 0 aromatic heterocycles. The second kappa shape index (κ2) is 13.8. The molecular formula is C21H32IN3O2S. The lowest BCUT2D eigenvalue weighted by Gasteiger charge is -2.30. The van der Waals surface area contributed by atoms with E-state index in [2.05, 4.69) is 33.7 Å². The number of guanidine groups is 1. The average molecular weight is 517 g/mol. The van der Waals surface area contributed by atoms with E-state index in [1.807, 2.05) is 19.1 Å². The molecule has 5 nitrogen and oxygen atoms in total. The molecule has 0 bridgehead atoms. The lowest BCUT2D eigenvalue weighted by Crippen LogP contribution is -2.47. The zero-order valence-electron chi connectivity index (χ0n) is 16.8. The van der Waals surface area contributed by atoms with E-state index in [1.54, 1.807) is 7.05 Å². The van der Waals surface area contributed by atoms with Crippen molar-refractivity contribution < 1.29 is 8.95 Å². The summed E-state index contributed by atoms with van der Waals surface area (Å²) in [4.78, 5) is 4.33. The summed E-state index contributed by atoms with van der Waals surface area (Å²) in [5.41, 5.74) is 1.22. The Balaban J connectivity index is 0.00000392. The SMILES string of the molecule is C#CCOc1ccc(CCNC(=NC)NC2CCCC(S(=O)CC)C2)cc1.I. The molecule has 0 radical (unpaired) electrons. The second-order valence-electron chi connectivity index (χ2n) is 6.69. The fourth-order valence-corrected chi connectivity index (χ4v) is 4.69. The van der Waals surface area contributed by atoms with Crippen molar-refractivity contribution in [2.24, 2.45) is 4.99 Å². The van der Waals surface area contributed by atoms with Gasteiger partial charge in [-0.2, -0.15) is 0 Å². The summed E-state index contributed by atoms with van der Waals surface area (Å²) in [5.74, 6) is 4.81. The largest absolute Gasteiger partial charge is 0.481 e. The molecule has 0 amide bonds. The number of halogens is 1. The first-order valence-corrected chi connectivity index (χ1v) is 11.0. The summed E-state index contributed by atoms with van der Waals surface area (Å²) in [6, 6.07) is 8.33. The number of hydrogen-bond acceptors (Lipinski definition) is 3. The molecule has 0 aliphatic heterocycles. The van der Waals surface area contributed by atoms with E-state index in [4.69, 9.17) is 11.2 Å². The van der Waals surface area contributed by atoms with Gasteiger partial charge >= 0.3 is 0 Å². The Labute approximate surface area is 189 Å². The third-order valence-electron chi connectivity index (χ3n) is 4.80. The van der Waals surface area contributed by atoms with E-state index in [0.29, 0.717) is 11.3 Å². The zero-order chi connectivity index (χ0) is 19.5. The van der Waals surface area contributed by atoms with Crippen LogP contribution >= 0.6 is 24.0 Å². The Morgan fingerprint density at radius 2 is 2.11 bits per heavy atom. The summed E-state index contributed by atoms with van der Waals surface area (Å²) >= 11 is 0. The van der Waals surface area contributed by atoms with Crippen LogP contribution < -0.4 is 15.4 Å². The maximum atomic E-state index is 12.1. The number of benzene rings is 1. The molecule has 7 heteroatoms. The molecule has 0 spiro atoms. The van der Waals surface area contributed by atoms with Crippen molar-refractivity contribution in [3.63, 3.8) is 0 Å². The van der Waals surface area contributed by atoms with E-state index in [-0.39, 0.29) is 30.6 Å². The molecule has 1 saturated carbocycles. The number of hydrogen-bond donors (Lipinski definition) is 2. The van der Waals surface area contributed by atoms with Crippen molar-refractivity contribution in [1.29, 1.82) is 0 Å². The van der Waals surface area contributed by atoms with Gasteiger partial charge in [-0.15, -0.1) is 30.4 Å². The van der Waals surface area contributed by atoms with E-state index in [9.17, 15) is 4.21 Å². The first-order chi connectivity index (χ1) is 13.2. The van der Waals surface area contributed by atoms with Crippen molar-refractivity contribution in [2.45, 2.75) is 50.3 Å². The highest BCUT2D eigenvalue weighted by Gasteiger charge is 2.25. The van der Waals surface area contributed by atoms with Crippen molar-refractivity contribution in [2.75, 3.05) is 26.0 Å². The topological polar surface area (TPSA) is 62.7 Å². The fourth-order valence-electron chi connectivity index (χ4n) is 3.34. The monoisotopic (exact) mass is 517 g/mol. The molecular weight excluding hydrogens is 485 g/mol. The smallest absolute Gasteiger partial charge is 0.191 e. The predicted molar refractivity (Wildman–Crippen MR) is 129 cm³/mol. The highest BCUT2D eigenvalue weighted by molar-refractivity contribution is 14.0. The minimum atomic E-state index is -0.707. The van der Waals surface area contributed by atoms with Gasteiger partial charge in [0.1, 0.15) is 12.4 Å². The summed E-state index contributed by atoms with van der Waals surface area (Å²) in [5, 5.41) is 7.19. The Morgan fingerprint density at radius 1 is 1.36 bits per heavy atom. The van der Waals surface area contributed by atoms with Crippen LogP contribution in [0.25, 0.3) is 0 Å².